The molecule has 3 aromatic rings. The summed E-state index contributed by atoms with van der Waals surface area (Å²) in [4.78, 5) is 18.9. The van der Waals surface area contributed by atoms with Gasteiger partial charge in [0.1, 0.15) is 11.3 Å². The Balaban J connectivity index is 1.42. The third-order valence-corrected chi connectivity index (χ3v) is 6.60. The molecule has 7 nitrogen and oxygen atoms in total. The van der Waals surface area contributed by atoms with Crippen LogP contribution in [0.15, 0.2) is 60.1 Å². The van der Waals surface area contributed by atoms with Crippen molar-refractivity contribution in [1.82, 2.24) is 18.6 Å². The van der Waals surface area contributed by atoms with Crippen LogP contribution in [0.4, 0.5) is 0 Å². The minimum atomic E-state index is -3.53. The molecule has 8 heteroatoms. The lowest BCUT2D eigenvalue weighted by Gasteiger charge is -2.32. The average Bonchev–Trinajstić information content (AvgIpc) is 3.18. The lowest BCUT2D eigenvalue weighted by molar-refractivity contribution is 0.0693. The van der Waals surface area contributed by atoms with Gasteiger partial charge in [-0.3, -0.25) is 4.79 Å². The Hall–Kier alpha value is -2.97. The monoisotopic (exact) mass is 410 g/mol. The molecule has 0 radical (unpaired) electrons. The van der Waals surface area contributed by atoms with Crippen LogP contribution in [0.1, 0.15) is 21.7 Å². The summed E-state index contributed by atoms with van der Waals surface area (Å²) in [6, 6.07) is 15.0. The zero-order valence-corrected chi connectivity index (χ0v) is 16.9. The van der Waals surface area contributed by atoms with E-state index in [1.807, 2.05) is 59.9 Å². The Morgan fingerprint density at radius 2 is 1.72 bits per heavy atom. The van der Waals surface area contributed by atoms with Crippen LogP contribution >= 0.6 is 0 Å². The number of hydrogen-bond donors (Lipinski definition) is 0. The standard InChI is InChI=1S/C21H22N4O3S/c1-17-6-5-9-20-22-19(16-25(17)20)21(26)23-11-13-24(14-12-23)29(27,28)15-10-18-7-3-2-4-8-18/h2-10,15-16H,11-14H2,1H3/b15-10+. The molecule has 0 unspecified atom stereocenters. The van der Waals surface area contributed by atoms with Crippen LogP contribution in [0, 0.1) is 6.92 Å². The van der Waals surface area contributed by atoms with Gasteiger partial charge in [0.2, 0.25) is 10.0 Å². The van der Waals surface area contributed by atoms with Gasteiger partial charge in [-0.05, 0) is 30.7 Å². The fraction of sp³-hybridized carbons (Fsp3) is 0.238. The van der Waals surface area contributed by atoms with Gasteiger partial charge in [0.25, 0.3) is 5.91 Å². The second-order valence-corrected chi connectivity index (χ2v) is 8.79. The highest BCUT2D eigenvalue weighted by molar-refractivity contribution is 7.92. The molecule has 2 aromatic heterocycles. The van der Waals surface area contributed by atoms with E-state index < -0.39 is 10.0 Å². The molecule has 1 aliphatic heterocycles. The number of carbonyl (C=O) groups is 1. The average molecular weight is 410 g/mol. The number of amides is 1. The smallest absolute Gasteiger partial charge is 0.274 e. The van der Waals surface area contributed by atoms with Crippen molar-refractivity contribution in [3.05, 3.63) is 77.1 Å². The summed E-state index contributed by atoms with van der Waals surface area (Å²) in [5, 5.41) is 1.23. The van der Waals surface area contributed by atoms with Gasteiger partial charge in [-0.1, -0.05) is 36.4 Å². The predicted octanol–water partition coefficient (Wildman–Crippen LogP) is 2.40. The zero-order chi connectivity index (χ0) is 20.4. The quantitative estimate of drug-likeness (QED) is 0.662. The van der Waals surface area contributed by atoms with Gasteiger partial charge in [0.15, 0.2) is 0 Å². The second kappa shape index (κ2) is 7.81. The lowest BCUT2D eigenvalue weighted by atomic mass is 10.2. The van der Waals surface area contributed by atoms with E-state index in [0.29, 0.717) is 18.8 Å². The fourth-order valence-corrected chi connectivity index (χ4v) is 4.55. The number of rotatable bonds is 4. The maximum absolute atomic E-state index is 12.8. The lowest BCUT2D eigenvalue weighted by Crippen LogP contribution is -2.50. The highest BCUT2D eigenvalue weighted by Crippen LogP contribution is 2.15. The summed E-state index contributed by atoms with van der Waals surface area (Å²) >= 11 is 0. The molecule has 0 bridgehead atoms. The normalized spacial score (nSPS) is 16.0. The maximum atomic E-state index is 12.8. The van der Waals surface area contributed by atoms with Crippen molar-refractivity contribution >= 4 is 27.7 Å². The Kier molecular flexibility index (Phi) is 5.21. The van der Waals surface area contributed by atoms with E-state index in [1.165, 1.54) is 9.71 Å². The Morgan fingerprint density at radius 1 is 1.00 bits per heavy atom. The van der Waals surface area contributed by atoms with Gasteiger partial charge in [-0.15, -0.1) is 0 Å². The molecule has 1 aromatic carbocycles. The number of pyridine rings is 1. The maximum Gasteiger partial charge on any atom is 0.274 e. The molecule has 0 atom stereocenters. The van der Waals surface area contributed by atoms with Crippen LogP contribution in [0.25, 0.3) is 11.7 Å². The topological polar surface area (TPSA) is 75.0 Å². The van der Waals surface area contributed by atoms with E-state index in [1.54, 1.807) is 17.2 Å². The largest absolute Gasteiger partial charge is 0.335 e. The van der Waals surface area contributed by atoms with Gasteiger partial charge in [0.05, 0.1) is 0 Å². The van der Waals surface area contributed by atoms with Crippen molar-refractivity contribution in [2.24, 2.45) is 0 Å². The van der Waals surface area contributed by atoms with Gasteiger partial charge in [-0.25, -0.2) is 13.4 Å². The van der Waals surface area contributed by atoms with Crippen LogP contribution in [0.3, 0.4) is 0 Å². The molecule has 0 aliphatic carbocycles. The SMILES string of the molecule is Cc1cccc2nc(C(=O)N3CCN(S(=O)(=O)/C=C/c4ccccc4)CC3)cn12. The van der Waals surface area contributed by atoms with Crippen molar-refractivity contribution < 1.29 is 13.2 Å². The summed E-state index contributed by atoms with van der Waals surface area (Å²) in [6.07, 6.45) is 3.32. The van der Waals surface area contributed by atoms with Crippen molar-refractivity contribution in [3.8, 4) is 0 Å². The van der Waals surface area contributed by atoms with Gasteiger partial charge in [-0.2, -0.15) is 4.31 Å². The van der Waals surface area contributed by atoms with E-state index in [4.69, 9.17) is 0 Å². The summed E-state index contributed by atoms with van der Waals surface area (Å²) < 4.78 is 28.4. The second-order valence-electron chi connectivity index (χ2n) is 6.97. The van der Waals surface area contributed by atoms with Crippen LogP contribution in [0.2, 0.25) is 0 Å². The van der Waals surface area contributed by atoms with Gasteiger partial charge < -0.3 is 9.30 Å². The molecule has 0 saturated carbocycles. The number of nitrogens with zero attached hydrogens (tertiary/aromatic N) is 4. The fourth-order valence-electron chi connectivity index (χ4n) is 3.37. The highest BCUT2D eigenvalue weighted by Gasteiger charge is 2.28. The number of hydrogen-bond acceptors (Lipinski definition) is 4. The number of piperazine rings is 1. The molecule has 4 rings (SSSR count). The number of sulfonamides is 1. The molecule has 0 spiro atoms. The summed E-state index contributed by atoms with van der Waals surface area (Å²) in [6.45, 7) is 3.16. The van der Waals surface area contributed by atoms with Crippen molar-refractivity contribution in [2.45, 2.75) is 6.92 Å². The van der Waals surface area contributed by atoms with Gasteiger partial charge in [0, 0.05) is 43.5 Å². The zero-order valence-electron chi connectivity index (χ0n) is 16.1. The third kappa shape index (κ3) is 4.08. The third-order valence-electron chi connectivity index (χ3n) is 5.03. The van der Waals surface area contributed by atoms with Crippen LogP contribution in [-0.2, 0) is 10.0 Å². The van der Waals surface area contributed by atoms with E-state index in [-0.39, 0.29) is 19.0 Å². The predicted molar refractivity (Wildman–Crippen MR) is 112 cm³/mol. The number of aromatic nitrogens is 2. The first-order valence-corrected chi connectivity index (χ1v) is 10.9. The van der Waals surface area contributed by atoms with Gasteiger partial charge >= 0.3 is 0 Å². The van der Waals surface area contributed by atoms with Crippen LogP contribution in [-0.4, -0.2) is 59.1 Å². The van der Waals surface area contributed by atoms with E-state index in [0.717, 1.165) is 16.9 Å². The number of aryl methyl sites for hydroxylation is 1. The summed E-state index contributed by atoms with van der Waals surface area (Å²) in [5.74, 6) is -0.176. The minimum absolute atomic E-state index is 0.176. The molecule has 1 saturated heterocycles. The first-order chi connectivity index (χ1) is 13.9. The molecule has 1 amide bonds. The number of carbonyl (C=O) groups excluding carboxylic acids is 1. The van der Waals surface area contributed by atoms with E-state index in [2.05, 4.69) is 4.98 Å². The number of imidazole rings is 1. The first-order valence-electron chi connectivity index (χ1n) is 9.41. The Morgan fingerprint density at radius 3 is 2.41 bits per heavy atom. The van der Waals surface area contributed by atoms with Crippen LogP contribution < -0.4 is 0 Å². The molecule has 1 aliphatic rings. The Labute approximate surface area is 169 Å². The number of fused-ring (bicyclic) bond motifs is 1. The highest BCUT2D eigenvalue weighted by atomic mass is 32.2. The summed E-state index contributed by atoms with van der Waals surface area (Å²) in [5.41, 5.74) is 2.92. The molecular weight excluding hydrogens is 388 g/mol. The molecular formula is C21H22N4O3S. The molecule has 0 N–H and O–H groups in total. The molecule has 3 heterocycles. The van der Waals surface area contributed by atoms with E-state index in [9.17, 15) is 13.2 Å². The van der Waals surface area contributed by atoms with Crippen molar-refractivity contribution in [1.29, 1.82) is 0 Å². The van der Waals surface area contributed by atoms with Crippen LogP contribution in [0.5, 0.6) is 0 Å². The molecule has 1 fully saturated rings. The summed E-state index contributed by atoms with van der Waals surface area (Å²) in [7, 11) is -3.53. The number of benzene rings is 1. The van der Waals surface area contributed by atoms with Crippen molar-refractivity contribution in [3.63, 3.8) is 0 Å². The first kappa shape index (κ1) is 19.4. The Bertz CT molecular complexity index is 1160. The minimum Gasteiger partial charge on any atom is -0.335 e. The van der Waals surface area contributed by atoms with E-state index >= 15 is 0 Å². The molecule has 150 valence electrons. The molecule has 29 heavy (non-hydrogen) atoms. The van der Waals surface area contributed by atoms with Crippen molar-refractivity contribution in [2.75, 3.05) is 26.2 Å².